The first kappa shape index (κ1) is 20.4. The Kier molecular flexibility index (Phi) is 6.10. The minimum atomic E-state index is -0.613. The molecular formula is C20H19F2N3OS2. The van der Waals surface area contributed by atoms with Gasteiger partial charge in [0.25, 0.3) is 5.91 Å². The lowest BCUT2D eigenvalue weighted by Crippen LogP contribution is -2.14. The summed E-state index contributed by atoms with van der Waals surface area (Å²) in [6.07, 6.45) is 0. The van der Waals surface area contributed by atoms with Crippen LogP contribution < -0.4 is 5.32 Å². The molecule has 28 heavy (non-hydrogen) atoms. The third kappa shape index (κ3) is 5.36. The van der Waals surface area contributed by atoms with Crippen LogP contribution in [0.2, 0.25) is 0 Å². The van der Waals surface area contributed by atoms with E-state index in [9.17, 15) is 13.6 Å². The van der Waals surface area contributed by atoms with Gasteiger partial charge in [0.2, 0.25) is 5.13 Å². The number of aromatic nitrogens is 2. The van der Waals surface area contributed by atoms with Gasteiger partial charge in [0, 0.05) is 17.4 Å². The first-order valence-electron chi connectivity index (χ1n) is 8.54. The van der Waals surface area contributed by atoms with Gasteiger partial charge >= 0.3 is 0 Å². The summed E-state index contributed by atoms with van der Waals surface area (Å²) in [5.41, 5.74) is 2.22. The summed E-state index contributed by atoms with van der Waals surface area (Å²) in [5, 5.41) is 11.1. The zero-order valence-corrected chi connectivity index (χ0v) is 17.3. The molecule has 0 fully saturated rings. The van der Waals surface area contributed by atoms with E-state index in [4.69, 9.17) is 0 Å². The van der Waals surface area contributed by atoms with Crippen LogP contribution in [0.3, 0.4) is 0 Å². The molecule has 0 unspecified atom stereocenters. The number of carbonyl (C=O) groups excluding carboxylic acids is 1. The molecule has 4 nitrogen and oxygen atoms in total. The van der Waals surface area contributed by atoms with Crippen molar-refractivity contribution in [2.45, 2.75) is 36.3 Å². The maximum atomic E-state index is 13.2. The van der Waals surface area contributed by atoms with Gasteiger partial charge in [-0.1, -0.05) is 56.0 Å². The van der Waals surface area contributed by atoms with Crippen molar-refractivity contribution in [2.75, 3.05) is 5.32 Å². The van der Waals surface area contributed by atoms with E-state index in [1.165, 1.54) is 35.2 Å². The van der Waals surface area contributed by atoms with Gasteiger partial charge in [-0.3, -0.25) is 10.1 Å². The van der Waals surface area contributed by atoms with E-state index in [1.807, 2.05) is 12.1 Å². The van der Waals surface area contributed by atoms with Crippen LogP contribution in [0.15, 0.2) is 46.8 Å². The van der Waals surface area contributed by atoms with E-state index in [1.54, 1.807) is 12.1 Å². The van der Waals surface area contributed by atoms with Crippen molar-refractivity contribution in [1.82, 2.24) is 10.2 Å². The molecule has 1 amide bonds. The van der Waals surface area contributed by atoms with Crippen LogP contribution in [-0.2, 0) is 11.2 Å². The number of thioether (sulfide) groups is 1. The number of nitrogens with zero attached hydrogens (tertiary/aromatic N) is 2. The van der Waals surface area contributed by atoms with Crippen molar-refractivity contribution < 1.29 is 13.6 Å². The van der Waals surface area contributed by atoms with Gasteiger partial charge in [-0.2, -0.15) is 0 Å². The maximum absolute atomic E-state index is 13.2. The molecule has 1 N–H and O–H groups in total. The fraction of sp³-hybridized carbons (Fsp3) is 0.250. The van der Waals surface area contributed by atoms with Crippen LogP contribution in [0.4, 0.5) is 13.9 Å². The van der Waals surface area contributed by atoms with E-state index in [2.05, 4.69) is 36.3 Å². The molecule has 146 valence electrons. The lowest BCUT2D eigenvalue weighted by Gasteiger charge is -2.18. The van der Waals surface area contributed by atoms with Gasteiger partial charge in [-0.05, 0) is 40.8 Å². The van der Waals surface area contributed by atoms with Crippen LogP contribution in [0, 0.1) is 11.6 Å². The van der Waals surface area contributed by atoms with Crippen LogP contribution in [0.1, 0.15) is 42.3 Å². The number of halogens is 2. The Hall–Kier alpha value is -2.32. The predicted octanol–water partition coefficient (Wildman–Crippen LogP) is 5.66. The Labute approximate surface area is 170 Å². The van der Waals surface area contributed by atoms with E-state index in [0.717, 1.165) is 11.6 Å². The number of hydrogen-bond acceptors (Lipinski definition) is 5. The van der Waals surface area contributed by atoms with Gasteiger partial charge in [-0.15, -0.1) is 10.2 Å². The molecule has 1 aromatic heterocycles. The van der Waals surface area contributed by atoms with E-state index < -0.39 is 11.6 Å². The molecule has 1 heterocycles. The lowest BCUT2D eigenvalue weighted by molar-refractivity contribution is 0.102. The summed E-state index contributed by atoms with van der Waals surface area (Å²) in [5.74, 6) is -1.14. The summed E-state index contributed by atoms with van der Waals surface area (Å²) in [6.45, 7) is 6.34. The highest BCUT2D eigenvalue weighted by atomic mass is 32.2. The molecule has 0 spiro atoms. The van der Waals surface area contributed by atoms with Gasteiger partial charge in [0.05, 0.1) is 0 Å². The molecule has 0 aliphatic heterocycles. The largest absolute Gasteiger partial charge is 0.296 e. The molecule has 0 saturated carbocycles. The number of nitrogens with one attached hydrogen (secondary N) is 1. The van der Waals surface area contributed by atoms with Crippen molar-refractivity contribution in [1.29, 1.82) is 0 Å². The number of hydrogen-bond donors (Lipinski definition) is 1. The molecule has 3 rings (SSSR count). The van der Waals surface area contributed by atoms with Gasteiger partial charge in [-0.25, -0.2) is 8.78 Å². The highest BCUT2D eigenvalue weighted by molar-refractivity contribution is 8.00. The molecule has 0 aliphatic carbocycles. The number of benzene rings is 2. The molecule has 0 saturated heterocycles. The highest BCUT2D eigenvalue weighted by Crippen LogP contribution is 2.29. The molecule has 3 aromatic rings. The van der Waals surface area contributed by atoms with Crippen LogP contribution in [0.5, 0.6) is 0 Å². The smallest absolute Gasteiger partial charge is 0.257 e. The number of amides is 1. The van der Waals surface area contributed by atoms with Gasteiger partial charge < -0.3 is 0 Å². The fourth-order valence-corrected chi connectivity index (χ4v) is 4.13. The average Bonchev–Trinajstić information content (AvgIpc) is 3.06. The second kappa shape index (κ2) is 8.36. The molecule has 0 bridgehead atoms. The van der Waals surface area contributed by atoms with Crippen LogP contribution in [-0.4, -0.2) is 16.1 Å². The van der Waals surface area contributed by atoms with E-state index in [-0.39, 0.29) is 11.3 Å². The summed E-state index contributed by atoms with van der Waals surface area (Å²) < 4.78 is 27.1. The van der Waals surface area contributed by atoms with Crippen molar-refractivity contribution in [3.8, 4) is 0 Å². The Balaban J connectivity index is 1.60. The SMILES string of the molecule is CC(C)(C)c1ccc(C(=O)Nc2nnc(SCc3cc(F)cc(F)c3)s2)cc1. The quantitative estimate of drug-likeness (QED) is 0.428. The summed E-state index contributed by atoms with van der Waals surface area (Å²) in [6, 6.07) is 10.8. The third-order valence-electron chi connectivity index (χ3n) is 3.92. The van der Waals surface area contributed by atoms with E-state index in [0.29, 0.717) is 26.4 Å². The Morgan fingerprint density at radius 1 is 1.07 bits per heavy atom. The first-order valence-corrected chi connectivity index (χ1v) is 10.3. The monoisotopic (exact) mass is 419 g/mol. The first-order chi connectivity index (χ1) is 13.2. The number of carbonyl (C=O) groups is 1. The Bertz CT molecular complexity index is 962. The van der Waals surface area contributed by atoms with Crippen LogP contribution in [0.25, 0.3) is 0 Å². The minimum Gasteiger partial charge on any atom is -0.296 e. The Morgan fingerprint density at radius 2 is 1.71 bits per heavy atom. The molecule has 0 aliphatic rings. The van der Waals surface area contributed by atoms with Crippen molar-refractivity contribution in [2.24, 2.45) is 0 Å². The lowest BCUT2D eigenvalue weighted by atomic mass is 9.87. The zero-order valence-electron chi connectivity index (χ0n) is 15.6. The fourth-order valence-electron chi connectivity index (χ4n) is 2.45. The zero-order chi connectivity index (χ0) is 20.3. The normalized spacial score (nSPS) is 11.5. The van der Waals surface area contributed by atoms with Crippen LogP contribution >= 0.6 is 23.1 Å². The third-order valence-corrected chi connectivity index (χ3v) is 5.97. The molecule has 2 aromatic carbocycles. The highest BCUT2D eigenvalue weighted by Gasteiger charge is 2.15. The van der Waals surface area contributed by atoms with Gasteiger partial charge in [0.15, 0.2) is 4.34 Å². The topological polar surface area (TPSA) is 54.9 Å². The summed E-state index contributed by atoms with van der Waals surface area (Å²) in [4.78, 5) is 12.4. The molecular weight excluding hydrogens is 400 g/mol. The summed E-state index contributed by atoms with van der Waals surface area (Å²) >= 11 is 2.51. The predicted molar refractivity (Wildman–Crippen MR) is 109 cm³/mol. The second-order valence-corrected chi connectivity index (χ2v) is 9.42. The standard InChI is InChI=1S/C20H19F2N3OS2/c1-20(2,3)14-6-4-13(5-7-14)17(26)23-18-24-25-19(28-18)27-11-12-8-15(21)10-16(22)9-12/h4-10H,11H2,1-3H3,(H,23,24,26). The molecule has 0 atom stereocenters. The minimum absolute atomic E-state index is 0.0188. The van der Waals surface area contributed by atoms with Gasteiger partial charge in [0.1, 0.15) is 11.6 Å². The van der Waals surface area contributed by atoms with E-state index >= 15 is 0 Å². The summed E-state index contributed by atoms with van der Waals surface area (Å²) in [7, 11) is 0. The second-order valence-electron chi connectivity index (χ2n) is 7.22. The van der Waals surface area contributed by atoms with Crippen molar-refractivity contribution in [3.05, 3.63) is 70.8 Å². The average molecular weight is 420 g/mol. The van der Waals surface area contributed by atoms with Crippen molar-refractivity contribution in [3.63, 3.8) is 0 Å². The van der Waals surface area contributed by atoms with Crippen molar-refractivity contribution >= 4 is 34.1 Å². The maximum Gasteiger partial charge on any atom is 0.257 e. The molecule has 8 heteroatoms. The Morgan fingerprint density at radius 3 is 2.32 bits per heavy atom. The number of anilines is 1. The molecule has 0 radical (unpaired) electrons. The number of rotatable bonds is 5.